The standard InChI is InChI=1S/C22H35NO3/c1-6-12-26-22(11-7-8-17(4)14-22)21(24)23-19-9-10-20(18(5)13-19)25-15-16(2)3/h9-10,13,16-17H,6-8,11-12,14-15H2,1-5H3,(H,23,24)/t17-,22-/m0/s1. The van der Waals surface area contributed by atoms with Crippen LogP contribution in [0.1, 0.15) is 65.4 Å². The highest BCUT2D eigenvalue weighted by molar-refractivity contribution is 5.97. The summed E-state index contributed by atoms with van der Waals surface area (Å²) in [6.45, 7) is 11.9. The van der Waals surface area contributed by atoms with Crippen LogP contribution in [0.2, 0.25) is 0 Å². The molecule has 1 aliphatic rings. The zero-order valence-electron chi connectivity index (χ0n) is 17.1. The maximum absolute atomic E-state index is 13.1. The van der Waals surface area contributed by atoms with Crippen molar-refractivity contribution in [2.75, 3.05) is 18.5 Å². The number of hydrogen-bond acceptors (Lipinski definition) is 3. The third kappa shape index (κ3) is 5.47. The molecule has 1 N–H and O–H groups in total. The largest absolute Gasteiger partial charge is 0.493 e. The first-order valence-electron chi connectivity index (χ1n) is 10.0. The van der Waals surface area contributed by atoms with Crippen molar-refractivity contribution < 1.29 is 14.3 Å². The number of ether oxygens (including phenoxy) is 2. The fraction of sp³-hybridized carbons (Fsp3) is 0.682. The Balaban J connectivity index is 2.09. The number of hydrogen-bond donors (Lipinski definition) is 1. The molecule has 4 heteroatoms. The van der Waals surface area contributed by atoms with Gasteiger partial charge >= 0.3 is 0 Å². The normalized spacial score (nSPS) is 23.1. The van der Waals surface area contributed by atoms with Gasteiger partial charge in [-0.1, -0.05) is 34.1 Å². The summed E-state index contributed by atoms with van der Waals surface area (Å²) < 4.78 is 11.9. The molecule has 1 amide bonds. The van der Waals surface area contributed by atoms with Crippen LogP contribution in [0.5, 0.6) is 5.75 Å². The number of carbonyl (C=O) groups excluding carboxylic acids is 1. The number of anilines is 1. The monoisotopic (exact) mass is 361 g/mol. The molecule has 0 spiro atoms. The van der Waals surface area contributed by atoms with Crippen LogP contribution < -0.4 is 10.1 Å². The van der Waals surface area contributed by atoms with Gasteiger partial charge in [0.1, 0.15) is 11.4 Å². The molecule has 1 aromatic rings. The molecule has 0 heterocycles. The van der Waals surface area contributed by atoms with Crippen molar-refractivity contribution in [3.63, 3.8) is 0 Å². The fourth-order valence-corrected chi connectivity index (χ4v) is 3.59. The SMILES string of the molecule is CCCO[C@@]1(C(=O)Nc2ccc(OCC(C)C)c(C)c2)CCC[C@H](C)C1. The average molecular weight is 362 g/mol. The predicted octanol–water partition coefficient (Wildman–Crippen LogP) is 5.34. The van der Waals surface area contributed by atoms with Gasteiger partial charge in [-0.3, -0.25) is 4.79 Å². The summed E-state index contributed by atoms with van der Waals surface area (Å²) in [6.07, 6.45) is 4.74. The smallest absolute Gasteiger partial charge is 0.256 e. The first-order chi connectivity index (χ1) is 12.4. The Hall–Kier alpha value is -1.55. The molecular weight excluding hydrogens is 326 g/mol. The Morgan fingerprint density at radius 1 is 1.38 bits per heavy atom. The van der Waals surface area contributed by atoms with Gasteiger partial charge in [-0.25, -0.2) is 0 Å². The van der Waals surface area contributed by atoms with E-state index in [9.17, 15) is 4.79 Å². The molecule has 0 bridgehead atoms. The van der Waals surface area contributed by atoms with Crippen LogP contribution >= 0.6 is 0 Å². The highest BCUT2D eigenvalue weighted by Crippen LogP contribution is 2.36. The molecule has 26 heavy (non-hydrogen) atoms. The second kappa shape index (κ2) is 9.40. The zero-order valence-corrected chi connectivity index (χ0v) is 17.1. The van der Waals surface area contributed by atoms with Crippen molar-refractivity contribution in [3.8, 4) is 5.75 Å². The van der Waals surface area contributed by atoms with Gasteiger partial charge in [-0.2, -0.15) is 0 Å². The second-order valence-electron chi connectivity index (χ2n) is 8.18. The highest BCUT2D eigenvalue weighted by atomic mass is 16.5. The van der Waals surface area contributed by atoms with Crippen molar-refractivity contribution in [2.24, 2.45) is 11.8 Å². The predicted molar refractivity (Wildman–Crippen MR) is 107 cm³/mol. The fourth-order valence-electron chi connectivity index (χ4n) is 3.59. The first-order valence-corrected chi connectivity index (χ1v) is 10.0. The van der Waals surface area contributed by atoms with E-state index >= 15 is 0 Å². The molecule has 1 aliphatic carbocycles. The number of amides is 1. The quantitative estimate of drug-likeness (QED) is 0.679. The third-order valence-corrected chi connectivity index (χ3v) is 4.96. The molecule has 0 unspecified atom stereocenters. The van der Waals surface area contributed by atoms with E-state index < -0.39 is 5.60 Å². The lowest BCUT2D eigenvalue weighted by atomic mass is 9.78. The van der Waals surface area contributed by atoms with Crippen molar-refractivity contribution in [1.29, 1.82) is 0 Å². The zero-order chi connectivity index (χ0) is 19.2. The Kier molecular flexibility index (Phi) is 7.51. The van der Waals surface area contributed by atoms with E-state index in [1.165, 1.54) is 6.42 Å². The van der Waals surface area contributed by atoms with Gasteiger partial charge in [-0.05, 0) is 68.2 Å². The van der Waals surface area contributed by atoms with Crippen LogP contribution in [0, 0.1) is 18.8 Å². The van der Waals surface area contributed by atoms with Crippen LogP contribution in [-0.2, 0) is 9.53 Å². The van der Waals surface area contributed by atoms with E-state index in [-0.39, 0.29) is 5.91 Å². The summed E-state index contributed by atoms with van der Waals surface area (Å²) >= 11 is 0. The lowest BCUT2D eigenvalue weighted by Crippen LogP contribution is -2.48. The lowest BCUT2D eigenvalue weighted by Gasteiger charge is -2.38. The highest BCUT2D eigenvalue weighted by Gasteiger charge is 2.42. The van der Waals surface area contributed by atoms with E-state index in [0.717, 1.165) is 42.7 Å². The van der Waals surface area contributed by atoms with Gasteiger partial charge < -0.3 is 14.8 Å². The number of benzene rings is 1. The van der Waals surface area contributed by atoms with Crippen molar-refractivity contribution >= 4 is 11.6 Å². The Labute approximate surface area is 158 Å². The molecule has 2 rings (SSSR count). The second-order valence-corrected chi connectivity index (χ2v) is 8.18. The van der Waals surface area contributed by atoms with Gasteiger partial charge in [0.2, 0.25) is 0 Å². The van der Waals surface area contributed by atoms with Gasteiger partial charge in [0, 0.05) is 12.3 Å². The molecule has 1 aromatic carbocycles. The van der Waals surface area contributed by atoms with E-state index in [1.807, 2.05) is 25.1 Å². The summed E-state index contributed by atoms with van der Waals surface area (Å²) in [5, 5.41) is 3.10. The summed E-state index contributed by atoms with van der Waals surface area (Å²) in [4.78, 5) is 13.1. The van der Waals surface area contributed by atoms with Crippen molar-refractivity contribution in [1.82, 2.24) is 0 Å². The molecule has 146 valence electrons. The maximum atomic E-state index is 13.1. The summed E-state index contributed by atoms with van der Waals surface area (Å²) in [6, 6.07) is 5.84. The van der Waals surface area contributed by atoms with E-state index in [2.05, 4.69) is 33.0 Å². The van der Waals surface area contributed by atoms with Crippen LogP contribution in [0.3, 0.4) is 0 Å². The molecular formula is C22H35NO3. The van der Waals surface area contributed by atoms with Gasteiger partial charge in [0.25, 0.3) is 5.91 Å². The molecule has 1 fully saturated rings. The number of rotatable bonds is 8. The number of carbonyl (C=O) groups is 1. The molecule has 1 saturated carbocycles. The molecule has 0 saturated heterocycles. The Bertz CT molecular complexity index is 599. The molecule has 2 atom stereocenters. The van der Waals surface area contributed by atoms with Crippen LogP contribution in [0.25, 0.3) is 0 Å². The topological polar surface area (TPSA) is 47.6 Å². The minimum atomic E-state index is -0.686. The van der Waals surface area contributed by atoms with Gasteiger partial charge in [0.05, 0.1) is 6.61 Å². The van der Waals surface area contributed by atoms with Gasteiger partial charge in [-0.15, -0.1) is 0 Å². The molecule has 0 aromatic heterocycles. The average Bonchev–Trinajstić information content (AvgIpc) is 2.59. The van der Waals surface area contributed by atoms with Crippen LogP contribution in [0.4, 0.5) is 5.69 Å². The minimum Gasteiger partial charge on any atom is -0.493 e. The molecule has 0 aliphatic heterocycles. The Morgan fingerprint density at radius 3 is 2.77 bits per heavy atom. The Morgan fingerprint density at radius 2 is 2.15 bits per heavy atom. The minimum absolute atomic E-state index is 0.00671. The summed E-state index contributed by atoms with van der Waals surface area (Å²) in [5.41, 5.74) is 1.15. The third-order valence-electron chi connectivity index (χ3n) is 4.96. The molecule has 0 radical (unpaired) electrons. The number of aryl methyl sites for hydroxylation is 1. The van der Waals surface area contributed by atoms with Crippen LogP contribution in [-0.4, -0.2) is 24.7 Å². The maximum Gasteiger partial charge on any atom is 0.256 e. The molecule has 4 nitrogen and oxygen atoms in total. The lowest BCUT2D eigenvalue weighted by molar-refractivity contribution is -0.148. The van der Waals surface area contributed by atoms with Crippen molar-refractivity contribution in [3.05, 3.63) is 23.8 Å². The summed E-state index contributed by atoms with van der Waals surface area (Å²) in [7, 11) is 0. The van der Waals surface area contributed by atoms with Gasteiger partial charge in [0.15, 0.2) is 0 Å². The van der Waals surface area contributed by atoms with Crippen LogP contribution in [0.15, 0.2) is 18.2 Å². The van der Waals surface area contributed by atoms with E-state index in [1.54, 1.807) is 0 Å². The first kappa shape index (κ1) is 20.8. The number of nitrogens with one attached hydrogen (secondary N) is 1. The van der Waals surface area contributed by atoms with Crippen molar-refractivity contribution in [2.45, 2.75) is 72.3 Å². The van der Waals surface area contributed by atoms with E-state index in [0.29, 0.717) is 25.0 Å². The van der Waals surface area contributed by atoms with E-state index in [4.69, 9.17) is 9.47 Å². The summed E-state index contributed by atoms with van der Waals surface area (Å²) in [5.74, 6) is 1.87.